The molecule has 1 aromatic rings. The van der Waals surface area contributed by atoms with Gasteiger partial charge >= 0.3 is 0 Å². The number of nitrogens with zero attached hydrogens (tertiary/aromatic N) is 2. The summed E-state index contributed by atoms with van der Waals surface area (Å²) in [6.45, 7) is 2.50. The Balaban J connectivity index is 2.36. The largest absolute Gasteiger partial charge is 0.352 e. The summed E-state index contributed by atoms with van der Waals surface area (Å²) in [6.07, 6.45) is 3.99. The van der Waals surface area contributed by atoms with Crippen molar-refractivity contribution in [3.63, 3.8) is 0 Å². The lowest BCUT2D eigenvalue weighted by molar-refractivity contribution is 0.0953. The molecule has 0 spiro atoms. The average molecular weight is 216 g/mol. The van der Waals surface area contributed by atoms with Crippen molar-refractivity contribution in [3.05, 3.63) is 18.0 Å². The van der Waals surface area contributed by atoms with Crippen molar-refractivity contribution in [1.82, 2.24) is 15.1 Å². The minimum Gasteiger partial charge on any atom is -0.352 e. The quantitative estimate of drug-likeness (QED) is 0.767. The highest BCUT2D eigenvalue weighted by atomic mass is 35.5. The zero-order valence-corrected chi connectivity index (χ0v) is 9.08. The van der Waals surface area contributed by atoms with Crippen LogP contribution in [0.3, 0.4) is 0 Å². The number of rotatable bonds is 4. The predicted octanol–water partition coefficient (Wildman–Crippen LogP) is 1.17. The summed E-state index contributed by atoms with van der Waals surface area (Å²) in [5.41, 5.74) is 0.578. The number of nitrogens with one attached hydrogen (secondary N) is 1. The Morgan fingerprint density at radius 1 is 1.79 bits per heavy atom. The van der Waals surface area contributed by atoms with Crippen LogP contribution in [0, 0.1) is 0 Å². The number of halogens is 1. The van der Waals surface area contributed by atoms with Gasteiger partial charge in [-0.05, 0) is 13.3 Å². The van der Waals surface area contributed by atoms with Gasteiger partial charge in [-0.25, -0.2) is 0 Å². The summed E-state index contributed by atoms with van der Waals surface area (Å²) in [4.78, 5) is 11.4. The van der Waals surface area contributed by atoms with Gasteiger partial charge in [-0.1, -0.05) is 0 Å². The SMILES string of the molecule is CC(Cl)CCNC(=O)c1cnn(C)c1. The average Bonchev–Trinajstić information content (AvgIpc) is 2.51. The van der Waals surface area contributed by atoms with E-state index < -0.39 is 0 Å². The molecule has 14 heavy (non-hydrogen) atoms. The van der Waals surface area contributed by atoms with Crippen molar-refractivity contribution in [2.45, 2.75) is 18.7 Å². The number of aromatic nitrogens is 2. The third-order valence-corrected chi connectivity index (χ3v) is 2.01. The van der Waals surface area contributed by atoms with Crippen molar-refractivity contribution in [1.29, 1.82) is 0 Å². The van der Waals surface area contributed by atoms with E-state index in [-0.39, 0.29) is 11.3 Å². The Labute approximate surface area is 88.2 Å². The van der Waals surface area contributed by atoms with E-state index in [2.05, 4.69) is 10.4 Å². The molecule has 0 fully saturated rings. The molecule has 0 aliphatic heterocycles. The topological polar surface area (TPSA) is 46.9 Å². The maximum atomic E-state index is 11.4. The van der Waals surface area contributed by atoms with Crippen molar-refractivity contribution in [2.24, 2.45) is 7.05 Å². The number of alkyl halides is 1. The van der Waals surface area contributed by atoms with E-state index in [0.29, 0.717) is 12.1 Å². The lowest BCUT2D eigenvalue weighted by Crippen LogP contribution is -2.25. The van der Waals surface area contributed by atoms with Crippen LogP contribution >= 0.6 is 11.6 Å². The summed E-state index contributed by atoms with van der Waals surface area (Å²) in [5.74, 6) is -0.101. The van der Waals surface area contributed by atoms with E-state index in [1.165, 1.54) is 0 Å². The van der Waals surface area contributed by atoms with Gasteiger partial charge in [0.05, 0.1) is 11.8 Å². The third-order valence-electron chi connectivity index (χ3n) is 1.79. The van der Waals surface area contributed by atoms with Crippen LogP contribution in [-0.4, -0.2) is 27.6 Å². The molecule has 0 aromatic carbocycles. The number of amides is 1. The second kappa shape index (κ2) is 5.00. The van der Waals surface area contributed by atoms with Crippen LogP contribution in [0.2, 0.25) is 0 Å². The predicted molar refractivity (Wildman–Crippen MR) is 55.5 cm³/mol. The Kier molecular flexibility index (Phi) is 3.95. The number of hydrogen-bond donors (Lipinski definition) is 1. The molecule has 1 aromatic heterocycles. The van der Waals surface area contributed by atoms with Gasteiger partial charge in [-0.3, -0.25) is 9.48 Å². The Morgan fingerprint density at radius 3 is 3.00 bits per heavy atom. The molecule has 1 amide bonds. The summed E-state index contributed by atoms with van der Waals surface area (Å²) in [6, 6.07) is 0. The number of aryl methyl sites for hydroxylation is 1. The van der Waals surface area contributed by atoms with Crippen LogP contribution < -0.4 is 5.32 Å². The lowest BCUT2D eigenvalue weighted by Gasteiger charge is -2.04. The Bertz CT molecular complexity index is 309. The molecule has 1 N–H and O–H groups in total. The minimum atomic E-state index is -0.101. The van der Waals surface area contributed by atoms with Gasteiger partial charge in [-0.2, -0.15) is 5.10 Å². The molecule has 0 aliphatic carbocycles. The molecule has 1 rings (SSSR count). The molecular formula is C9H14ClN3O. The number of hydrogen-bond acceptors (Lipinski definition) is 2. The van der Waals surface area contributed by atoms with Crippen molar-refractivity contribution in [3.8, 4) is 0 Å². The molecule has 1 heterocycles. The first-order valence-corrected chi connectivity index (χ1v) is 4.94. The highest BCUT2D eigenvalue weighted by Gasteiger charge is 2.06. The van der Waals surface area contributed by atoms with E-state index >= 15 is 0 Å². The molecule has 78 valence electrons. The molecule has 0 radical (unpaired) electrons. The van der Waals surface area contributed by atoms with E-state index in [0.717, 1.165) is 6.42 Å². The van der Waals surface area contributed by atoms with Crippen LogP contribution in [0.25, 0.3) is 0 Å². The van der Waals surface area contributed by atoms with E-state index in [1.807, 2.05) is 6.92 Å². The highest BCUT2D eigenvalue weighted by molar-refractivity contribution is 6.20. The number of carbonyl (C=O) groups excluding carboxylic acids is 1. The van der Waals surface area contributed by atoms with Crippen LogP contribution in [0.5, 0.6) is 0 Å². The maximum Gasteiger partial charge on any atom is 0.254 e. The molecule has 1 unspecified atom stereocenters. The summed E-state index contributed by atoms with van der Waals surface area (Å²) in [7, 11) is 1.78. The second-order valence-electron chi connectivity index (χ2n) is 3.23. The van der Waals surface area contributed by atoms with Crippen LogP contribution in [0.1, 0.15) is 23.7 Å². The standard InChI is InChI=1S/C9H14ClN3O/c1-7(10)3-4-11-9(14)8-5-12-13(2)6-8/h5-7H,3-4H2,1-2H3,(H,11,14). The van der Waals surface area contributed by atoms with Gasteiger partial charge in [0.1, 0.15) is 0 Å². The zero-order valence-electron chi connectivity index (χ0n) is 8.33. The van der Waals surface area contributed by atoms with Gasteiger partial charge in [-0.15, -0.1) is 11.6 Å². The molecule has 0 saturated carbocycles. The van der Waals surface area contributed by atoms with Crippen molar-refractivity contribution < 1.29 is 4.79 Å². The van der Waals surface area contributed by atoms with Gasteiger partial charge in [0, 0.05) is 25.2 Å². The van der Waals surface area contributed by atoms with E-state index in [4.69, 9.17) is 11.6 Å². The molecular weight excluding hydrogens is 202 g/mol. The first-order chi connectivity index (χ1) is 6.59. The third kappa shape index (κ3) is 3.38. The highest BCUT2D eigenvalue weighted by Crippen LogP contribution is 1.99. The molecule has 0 bridgehead atoms. The Morgan fingerprint density at radius 2 is 2.50 bits per heavy atom. The normalized spacial score (nSPS) is 12.5. The van der Waals surface area contributed by atoms with E-state index in [1.54, 1.807) is 24.1 Å². The second-order valence-corrected chi connectivity index (χ2v) is 3.97. The smallest absolute Gasteiger partial charge is 0.254 e. The molecule has 4 nitrogen and oxygen atoms in total. The Hall–Kier alpha value is -1.03. The van der Waals surface area contributed by atoms with Crippen LogP contribution in [0.4, 0.5) is 0 Å². The van der Waals surface area contributed by atoms with Crippen molar-refractivity contribution in [2.75, 3.05) is 6.54 Å². The fraction of sp³-hybridized carbons (Fsp3) is 0.556. The molecule has 0 aliphatic rings. The van der Waals surface area contributed by atoms with Crippen molar-refractivity contribution >= 4 is 17.5 Å². The monoisotopic (exact) mass is 215 g/mol. The number of carbonyl (C=O) groups is 1. The van der Waals surface area contributed by atoms with Gasteiger partial charge in [0.25, 0.3) is 5.91 Å². The summed E-state index contributed by atoms with van der Waals surface area (Å²) >= 11 is 5.74. The maximum absolute atomic E-state index is 11.4. The van der Waals surface area contributed by atoms with Gasteiger partial charge < -0.3 is 5.32 Å². The first kappa shape index (κ1) is 11.0. The lowest BCUT2D eigenvalue weighted by atomic mass is 10.3. The zero-order chi connectivity index (χ0) is 10.6. The first-order valence-electron chi connectivity index (χ1n) is 4.50. The molecule has 0 saturated heterocycles. The molecule has 5 heteroatoms. The summed E-state index contributed by atoms with van der Waals surface area (Å²) < 4.78 is 1.60. The fourth-order valence-corrected chi connectivity index (χ4v) is 1.13. The minimum absolute atomic E-state index is 0.0872. The van der Waals surface area contributed by atoms with E-state index in [9.17, 15) is 4.79 Å². The summed E-state index contributed by atoms with van der Waals surface area (Å²) in [5, 5.41) is 6.76. The van der Waals surface area contributed by atoms with Gasteiger partial charge in [0.2, 0.25) is 0 Å². The van der Waals surface area contributed by atoms with Crippen LogP contribution in [0.15, 0.2) is 12.4 Å². The fourth-order valence-electron chi connectivity index (χ4n) is 1.03. The van der Waals surface area contributed by atoms with Gasteiger partial charge in [0.15, 0.2) is 0 Å². The van der Waals surface area contributed by atoms with Crippen LogP contribution in [-0.2, 0) is 7.05 Å². The molecule has 1 atom stereocenters.